The Labute approximate surface area is 123 Å². The van der Waals surface area contributed by atoms with Gasteiger partial charge in [0, 0.05) is 25.7 Å². The predicted molar refractivity (Wildman–Crippen MR) is 83.9 cm³/mol. The van der Waals surface area contributed by atoms with Gasteiger partial charge in [0.1, 0.15) is 5.82 Å². The molecule has 1 aromatic heterocycles. The molecule has 0 radical (unpaired) electrons. The summed E-state index contributed by atoms with van der Waals surface area (Å²) in [6.45, 7) is 5.07. The molecule has 1 heterocycles. The molecule has 0 aliphatic heterocycles. The normalized spacial score (nSPS) is 17.2. The summed E-state index contributed by atoms with van der Waals surface area (Å²) in [6.07, 6.45) is 11.9. The molecule has 2 rings (SSSR count). The van der Waals surface area contributed by atoms with Gasteiger partial charge in [-0.15, -0.1) is 0 Å². The van der Waals surface area contributed by atoms with E-state index in [1.807, 2.05) is 12.4 Å². The fourth-order valence-corrected chi connectivity index (χ4v) is 2.76. The number of rotatable bonds is 5. The standard InChI is InChI=1S/C16H28N4/c1-13(2)17-10-14-11-19-16(12-18-14)20(3)15-8-6-4-5-7-9-15/h11-13,15,17H,4-10H2,1-3H3. The fourth-order valence-electron chi connectivity index (χ4n) is 2.76. The van der Waals surface area contributed by atoms with E-state index in [2.05, 4.69) is 41.1 Å². The van der Waals surface area contributed by atoms with Gasteiger partial charge in [-0.1, -0.05) is 39.5 Å². The van der Waals surface area contributed by atoms with Crippen LogP contribution in [0.4, 0.5) is 5.82 Å². The second-order valence-corrected chi connectivity index (χ2v) is 6.16. The molecule has 1 aromatic rings. The number of aromatic nitrogens is 2. The molecule has 0 aromatic carbocycles. The van der Waals surface area contributed by atoms with Gasteiger partial charge in [-0.2, -0.15) is 0 Å². The van der Waals surface area contributed by atoms with Crippen molar-refractivity contribution in [3.63, 3.8) is 0 Å². The van der Waals surface area contributed by atoms with Gasteiger partial charge < -0.3 is 10.2 Å². The third-order valence-electron chi connectivity index (χ3n) is 4.12. The molecule has 1 aliphatic rings. The van der Waals surface area contributed by atoms with Crippen LogP contribution in [0.2, 0.25) is 0 Å². The Morgan fingerprint density at radius 2 is 1.85 bits per heavy atom. The van der Waals surface area contributed by atoms with Crippen molar-refractivity contribution in [1.29, 1.82) is 0 Å². The van der Waals surface area contributed by atoms with Gasteiger partial charge in [0.25, 0.3) is 0 Å². The van der Waals surface area contributed by atoms with Crippen LogP contribution in [0.3, 0.4) is 0 Å². The van der Waals surface area contributed by atoms with Crippen molar-refractivity contribution in [2.75, 3.05) is 11.9 Å². The SMILES string of the molecule is CC(C)NCc1cnc(N(C)C2CCCCCC2)cn1. The zero-order valence-electron chi connectivity index (χ0n) is 13.1. The molecule has 20 heavy (non-hydrogen) atoms. The number of anilines is 1. The molecular weight excluding hydrogens is 248 g/mol. The largest absolute Gasteiger partial charge is 0.355 e. The summed E-state index contributed by atoms with van der Waals surface area (Å²) in [5.41, 5.74) is 1.01. The van der Waals surface area contributed by atoms with Gasteiger partial charge in [0.2, 0.25) is 0 Å². The van der Waals surface area contributed by atoms with Gasteiger partial charge in [-0.05, 0) is 12.8 Å². The molecule has 0 bridgehead atoms. The molecule has 0 atom stereocenters. The molecule has 1 aliphatic carbocycles. The van der Waals surface area contributed by atoms with Crippen LogP contribution in [0.25, 0.3) is 0 Å². The van der Waals surface area contributed by atoms with Gasteiger partial charge in [-0.25, -0.2) is 4.98 Å². The maximum absolute atomic E-state index is 4.59. The molecular formula is C16H28N4. The van der Waals surface area contributed by atoms with E-state index in [4.69, 9.17) is 0 Å². The first-order chi connectivity index (χ1) is 9.66. The zero-order chi connectivity index (χ0) is 14.4. The Morgan fingerprint density at radius 1 is 1.15 bits per heavy atom. The Kier molecular flexibility index (Phi) is 5.77. The molecule has 4 heteroatoms. The minimum absolute atomic E-state index is 0.477. The minimum atomic E-state index is 0.477. The summed E-state index contributed by atoms with van der Waals surface area (Å²) in [6, 6.07) is 1.11. The third-order valence-corrected chi connectivity index (χ3v) is 4.12. The molecule has 0 amide bonds. The van der Waals surface area contributed by atoms with Crippen LogP contribution >= 0.6 is 0 Å². The van der Waals surface area contributed by atoms with E-state index >= 15 is 0 Å². The smallest absolute Gasteiger partial charge is 0.147 e. The summed E-state index contributed by atoms with van der Waals surface area (Å²) < 4.78 is 0. The molecule has 4 nitrogen and oxygen atoms in total. The highest BCUT2D eigenvalue weighted by atomic mass is 15.2. The van der Waals surface area contributed by atoms with Crippen molar-refractivity contribution in [3.8, 4) is 0 Å². The molecule has 1 fully saturated rings. The average molecular weight is 276 g/mol. The van der Waals surface area contributed by atoms with Crippen LogP contribution < -0.4 is 10.2 Å². The van der Waals surface area contributed by atoms with Crippen LogP contribution in [0.15, 0.2) is 12.4 Å². The van der Waals surface area contributed by atoms with Crippen molar-refractivity contribution >= 4 is 5.82 Å². The van der Waals surface area contributed by atoms with Gasteiger partial charge in [0.15, 0.2) is 0 Å². The summed E-state index contributed by atoms with van der Waals surface area (Å²) in [5.74, 6) is 1.00. The van der Waals surface area contributed by atoms with Crippen molar-refractivity contribution in [1.82, 2.24) is 15.3 Å². The summed E-state index contributed by atoms with van der Waals surface area (Å²) in [4.78, 5) is 11.4. The van der Waals surface area contributed by atoms with Crippen LogP contribution in [-0.4, -0.2) is 29.1 Å². The van der Waals surface area contributed by atoms with E-state index in [1.165, 1.54) is 38.5 Å². The summed E-state index contributed by atoms with van der Waals surface area (Å²) in [7, 11) is 2.16. The second-order valence-electron chi connectivity index (χ2n) is 6.16. The monoisotopic (exact) mass is 276 g/mol. The van der Waals surface area contributed by atoms with Gasteiger partial charge in [-0.3, -0.25) is 4.98 Å². The second kappa shape index (κ2) is 7.58. The molecule has 0 unspecified atom stereocenters. The molecule has 1 saturated carbocycles. The van der Waals surface area contributed by atoms with E-state index in [0.29, 0.717) is 12.1 Å². The summed E-state index contributed by atoms with van der Waals surface area (Å²) >= 11 is 0. The number of nitrogens with one attached hydrogen (secondary N) is 1. The highest BCUT2D eigenvalue weighted by molar-refractivity contribution is 5.36. The topological polar surface area (TPSA) is 41.1 Å². The third kappa shape index (κ3) is 4.44. The summed E-state index contributed by atoms with van der Waals surface area (Å²) in [5, 5.41) is 3.37. The van der Waals surface area contributed by atoms with Crippen molar-refractivity contribution in [3.05, 3.63) is 18.1 Å². The fraction of sp³-hybridized carbons (Fsp3) is 0.750. The van der Waals surface area contributed by atoms with Crippen LogP contribution in [0, 0.1) is 0 Å². The van der Waals surface area contributed by atoms with Crippen LogP contribution in [0.5, 0.6) is 0 Å². The van der Waals surface area contributed by atoms with E-state index < -0.39 is 0 Å². The predicted octanol–water partition coefficient (Wildman–Crippen LogP) is 3.13. The van der Waals surface area contributed by atoms with E-state index in [0.717, 1.165) is 18.1 Å². The van der Waals surface area contributed by atoms with Crippen LogP contribution in [-0.2, 0) is 6.54 Å². The number of nitrogens with zero attached hydrogens (tertiary/aromatic N) is 3. The molecule has 0 saturated heterocycles. The highest BCUT2D eigenvalue weighted by Gasteiger charge is 2.18. The molecule has 112 valence electrons. The number of hydrogen-bond donors (Lipinski definition) is 1. The Balaban J connectivity index is 1.94. The maximum atomic E-state index is 4.59. The lowest BCUT2D eigenvalue weighted by Gasteiger charge is -2.28. The lowest BCUT2D eigenvalue weighted by atomic mass is 10.1. The highest BCUT2D eigenvalue weighted by Crippen LogP contribution is 2.23. The lowest BCUT2D eigenvalue weighted by Crippen LogP contribution is -2.32. The van der Waals surface area contributed by atoms with Gasteiger partial charge >= 0.3 is 0 Å². The average Bonchev–Trinajstić information content (AvgIpc) is 2.74. The molecule has 1 N–H and O–H groups in total. The van der Waals surface area contributed by atoms with Crippen molar-refractivity contribution < 1.29 is 0 Å². The van der Waals surface area contributed by atoms with Crippen molar-refractivity contribution in [2.24, 2.45) is 0 Å². The zero-order valence-corrected chi connectivity index (χ0v) is 13.1. The Hall–Kier alpha value is -1.16. The number of hydrogen-bond acceptors (Lipinski definition) is 4. The minimum Gasteiger partial charge on any atom is -0.355 e. The lowest BCUT2D eigenvalue weighted by molar-refractivity contribution is 0.547. The van der Waals surface area contributed by atoms with E-state index in [9.17, 15) is 0 Å². The quantitative estimate of drug-likeness (QED) is 0.839. The molecule has 0 spiro atoms. The van der Waals surface area contributed by atoms with Crippen molar-refractivity contribution in [2.45, 2.75) is 71.0 Å². The van der Waals surface area contributed by atoms with Crippen LogP contribution in [0.1, 0.15) is 58.1 Å². The Morgan fingerprint density at radius 3 is 2.40 bits per heavy atom. The first-order valence-corrected chi connectivity index (χ1v) is 7.94. The first kappa shape index (κ1) is 15.2. The van der Waals surface area contributed by atoms with E-state index in [1.54, 1.807) is 0 Å². The van der Waals surface area contributed by atoms with Gasteiger partial charge in [0.05, 0.1) is 18.1 Å². The van der Waals surface area contributed by atoms with E-state index in [-0.39, 0.29) is 0 Å². The maximum Gasteiger partial charge on any atom is 0.147 e. The first-order valence-electron chi connectivity index (χ1n) is 7.94. The Bertz CT molecular complexity index is 380.